The number of nitrogens with two attached hydrogens (primary N) is 1. The molecule has 0 atom stereocenters. The lowest BCUT2D eigenvalue weighted by Gasteiger charge is -2.43. The zero-order valence-electron chi connectivity index (χ0n) is 10.9. The van der Waals surface area contributed by atoms with Crippen molar-refractivity contribution < 1.29 is 10.0 Å². The molecule has 5 heteroatoms. The van der Waals surface area contributed by atoms with Crippen LogP contribution in [0.5, 0.6) is 0 Å². The summed E-state index contributed by atoms with van der Waals surface area (Å²) >= 11 is 0. The van der Waals surface area contributed by atoms with Gasteiger partial charge in [-0.05, 0) is 33.1 Å². The van der Waals surface area contributed by atoms with Crippen LogP contribution in [0, 0.1) is 5.41 Å². The molecule has 0 bridgehead atoms. The highest BCUT2D eigenvalue weighted by atomic mass is 16.4. The second-order valence-corrected chi connectivity index (χ2v) is 5.01. The van der Waals surface area contributed by atoms with Crippen LogP contribution in [0.2, 0.25) is 0 Å². The van der Waals surface area contributed by atoms with Crippen molar-refractivity contribution >= 4 is 11.7 Å². The van der Waals surface area contributed by atoms with Crippen LogP contribution < -0.4 is 5.73 Å². The van der Waals surface area contributed by atoms with Crippen LogP contribution in [0.4, 0.5) is 0 Å². The predicted molar refractivity (Wildman–Crippen MR) is 66.8 cm³/mol. The Labute approximate surface area is 103 Å². The monoisotopic (exact) mass is 241 g/mol. The molecular weight excluding hydrogens is 218 g/mol. The minimum atomic E-state index is -0.742. The van der Waals surface area contributed by atoms with E-state index in [4.69, 9.17) is 10.9 Å². The Morgan fingerprint density at radius 3 is 2.41 bits per heavy atom. The van der Waals surface area contributed by atoms with Gasteiger partial charge in [-0.25, -0.2) is 0 Å². The van der Waals surface area contributed by atoms with E-state index in [0.717, 1.165) is 19.4 Å². The van der Waals surface area contributed by atoms with Gasteiger partial charge in [0.1, 0.15) is 5.41 Å². The quantitative estimate of drug-likeness (QED) is 0.332. The van der Waals surface area contributed by atoms with Crippen LogP contribution in [0.3, 0.4) is 0 Å². The fraction of sp³-hybridized carbons (Fsp3) is 0.833. The number of amidine groups is 1. The second-order valence-electron chi connectivity index (χ2n) is 5.01. The van der Waals surface area contributed by atoms with E-state index in [2.05, 4.69) is 5.16 Å². The van der Waals surface area contributed by atoms with Crippen molar-refractivity contribution in [3.05, 3.63) is 0 Å². The molecule has 0 aromatic heterocycles. The third-order valence-electron chi connectivity index (χ3n) is 3.56. The van der Waals surface area contributed by atoms with Crippen molar-refractivity contribution in [3.8, 4) is 0 Å². The van der Waals surface area contributed by atoms with E-state index in [9.17, 15) is 4.79 Å². The topological polar surface area (TPSA) is 78.9 Å². The molecule has 1 fully saturated rings. The highest BCUT2D eigenvalue weighted by Gasteiger charge is 2.50. The van der Waals surface area contributed by atoms with Crippen molar-refractivity contribution in [2.75, 3.05) is 6.54 Å². The maximum atomic E-state index is 12.5. The summed E-state index contributed by atoms with van der Waals surface area (Å²) in [5.74, 6) is 0.0754. The number of carbonyl (C=O) groups is 1. The first-order valence-corrected chi connectivity index (χ1v) is 6.28. The van der Waals surface area contributed by atoms with Crippen molar-refractivity contribution in [1.82, 2.24) is 4.90 Å². The smallest absolute Gasteiger partial charge is 0.236 e. The molecule has 1 aliphatic rings. The Morgan fingerprint density at radius 2 is 2.12 bits per heavy atom. The van der Waals surface area contributed by atoms with Gasteiger partial charge in [0.2, 0.25) is 5.91 Å². The number of oxime groups is 1. The standard InChI is InChI=1S/C12H23N3O2/c1-4-8-15(9(2)3)11(16)12(6-5-7-12)10(13)14-17/h9,17H,4-8H2,1-3H3,(H2,13,14). The predicted octanol–water partition coefficient (Wildman–Crippen LogP) is 1.55. The van der Waals surface area contributed by atoms with E-state index in [1.54, 1.807) is 0 Å². The SMILES string of the molecule is CCCN(C(=O)C1(C(N)=NO)CCC1)C(C)C. The van der Waals surface area contributed by atoms with Gasteiger partial charge in [-0.15, -0.1) is 0 Å². The molecule has 17 heavy (non-hydrogen) atoms. The van der Waals surface area contributed by atoms with E-state index < -0.39 is 5.41 Å². The van der Waals surface area contributed by atoms with Crippen LogP contribution in [-0.2, 0) is 4.79 Å². The summed E-state index contributed by atoms with van der Waals surface area (Å²) in [4.78, 5) is 14.4. The molecule has 0 saturated heterocycles. The lowest BCUT2D eigenvalue weighted by atomic mass is 9.66. The number of nitrogens with zero attached hydrogens (tertiary/aromatic N) is 2. The molecule has 3 N–H and O–H groups in total. The summed E-state index contributed by atoms with van der Waals surface area (Å²) in [5.41, 5.74) is 4.96. The summed E-state index contributed by atoms with van der Waals surface area (Å²) in [6, 6.07) is 0.145. The largest absolute Gasteiger partial charge is 0.409 e. The molecule has 1 rings (SSSR count). The van der Waals surface area contributed by atoms with Crippen LogP contribution in [0.1, 0.15) is 46.5 Å². The normalized spacial score (nSPS) is 18.9. The fourth-order valence-corrected chi connectivity index (χ4v) is 2.32. The van der Waals surface area contributed by atoms with Gasteiger partial charge in [-0.2, -0.15) is 0 Å². The molecule has 0 radical (unpaired) electrons. The molecule has 0 aromatic carbocycles. The lowest BCUT2D eigenvalue weighted by molar-refractivity contribution is -0.144. The third kappa shape index (κ3) is 2.37. The van der Waals surface area contributed by atoms with Crippen LogP contribution >= 0.6 is 0 Å². The molecule has 0 unspecified atom stereocenters. The van der Waals surface area contributed by atoms with Crippen molar-refractivity contribution in [3.63, 3.8) is 0 Å². The van der Waals surface area contributed by atoms with Gasteiger partial charge in [-0.1, -0.05) is 18.5 Å². The Balaban J connectivity index is 2.92. The molecule has 0 spiro atoms. The van der Waals surface area contributed by atoms with Crippen LogP contribution in [0.15, 0.2) is 5.16 Å². The van der Waals surface area contributed by atoms with E-state index in [0.29, 0.717) is 12.8 Å². The average molecular weight is 241 g/mol. The number of amides is 1. The molecule has 1 aliphatic carbocycles. The summed E-state index contributed by atoms with van der Waals surface area (Å²) in [6.07, 6.45) is 3.25. The average Bonchev–Trinajstić information content (AvgIpc) is 2.23. The number of hydrogen-bond donors (Lipinski definition) is 2. The molecule has 0 heterocycles. The molecule has 1 saturated carbocycles. The van der Waals surface area contributed by atoms with Crippen molar-refractivity contribution in [2.24, 2.45) is 16.3 Å². The lowest BCUT2D eigenvalue weighted by Crippen LogP contribution is -2.56. The maximum Gasteiger partial charge on any atom is 0.236 e. The van der Waals surface area contributed by atoms with Gasteiger partial charge in [-0.3, -0.25) is 4.79 Å². The first-order chi connectivity index (χ1) is 7.99. The highest BCUT2D eigenvalue weighted by molar-refractivity contribution is 6.07. The second kappa shape index (κ2) is 5.38. The summed E-state index contributed by atoms with van der Waals surface area (Å²) in [6.45, 7) is 6.75. The van der Waals surface area contributed by atoms with E-state index in [1.165, 1.54) is 0 Å². The number of carbonyl (C=O) groups excluding carboxylic acids is 1. The van der Waals surface area contributed by atoms with Gasteiger partial charge < -0.3 is 15.8 Å². The minimum absolute atomic E-state index is 0.0101. The zero-order valence-corrected chi connectivity index (χ0v) is 10.9. The zero-order chi connectivity index (χ0) is 13.1. The third-order valence-corrected chi connectivity index (χ3v) is 3.56. The number of rotatable bonds is 5. The summed E-state index contributed by atoms with van der Waals surface area (Å²) in [5, 5.41) is 11.9. The van der Waals surface area contributed by atoms with Gasteiger partial charge in [0, 0.05) is 12.6 Å². The Kier molecular flexibility index (Phi) is 4.37. The van der Waals surface area contributed by atoms with E-state index >= 15 is 0 Å². The Hall–Kier alpha value is -1.26. The van der Waals surface area contributed by atoms with Gasteiger partial charge >= 0.3 is 0 Å². The minimum Gasteiger partial charge on any atom is -0.409 e. The summed E-state index contributed by atoms with van der Waals surface area (Å²) in [7, 11) is 0. The molecule has 1 amide bonds. The first-order valence-electron chi connectivity index (χ1n) is 6.28. The van der Waals surface area contributed by atoms with Crippen molar-refractivity contribution in [1.29, 1.82) is 0 Å². The fourth-order valence-electron chi connectivity index (χ4n) is 2.32. The molecule has 0 aromatic rings. The maximum absolute atomic E-state index is 12.5. The number of hydrogen-bond acceptors (Lipinski definition) is 3. The van der Waals surface area contributed by atoms with Crippen molar-refractivity contribution in [2.45, 2.75) is 52.5 Å². The summed E-state index contributed by atoms with van der Waals surface area (Å²) < 4.78 is 0. The Morgan fingerprint density at radius 1 is 1.53 bits per heavy atom. The van der Waals surface area contributed by atoms with E-state index in [1.807, 2.05) is 25.7 Å². The first kappa shape index (κ1) is 13.8. The van der Waals surface area contributed by atoms with Gasteiger partial charge in [0.15, 0.2) is 5.84 Å². The van der Waals surface area contributed by atoms with E-state index in [-0.39, 0.29) is 17.8 Å². The Bertz CT molecular complexity index is 309. The molecule has 98 valence electrons. The molecule has 5 nitrogen and oxygen atoms in total. The molecule has 0 aliphatic heterocycles. The molecular formula is C12H23N3O2. The van der Waals surface area contributed by atoms with Gasteiger partial charge in [0.05, 0.1) is 0 Å². The van der Waals surface area contributed by atoms with Crippen LogP contribution in [0.25, 0.3) is 0 Å². The van der Waals surface area contributed by atoms with Gasteiger partial charge in [0.25, 0.3) is 0 Å². The van der Waals surface area contributed by atoms with Crippen LogP contribution in [-0.4, -0.2) is 34.4 Å². The highest BCUT2D eigenvalue weighted by Crippen LogP contribution is 2.43.